The second-order valence-corrected chi connectivity index (χ2v) is 6.21. The van der Waals surface area contributed by atoms with Crippen molar-refractivity contribution in [3.63, 3.8) is 0 Å². The van der Waals surface area contributed by atoms with Gasteiger partial charge in [-0.15, -0.1) is 0 Å². The van der Waals surface area contributed by atoms with E-state index in [1.807, 2.05) is 7.05 Å². The largest absolute Gasteiger partial charge is 0.377 e. The van der Waals surface area contributed by atoms with E-state index in [0.29, 0.717) is 0 Å². The molecule has 1 aliphatic rings. The fourth-order valence-corrected chi connectivity index (χ4v) is 2.96. The number of anilines is 1. The number of pyridine rings is 1. The Kier molecular flexibility index (Phi) is 3.83. The normalized spacial score (nSPS) is 18.1. The third-order valence-corrected chi connectivity index (χ3v) is 4.03. The SMILES string of the molecule is CNCc1cc2ccccc2c(N2CCOCC2(C)C)n1. The van der Waals surface area contributed by atoms with Gasteiger partial charge in [0.1, 0.15) is 5.82 Å². The number of aromatic nitrogens is 1. The molecule has 112 valence electrons. The number of fused-ring (bicyclic) bond motifs is 1. The fraction of sp³-hybridized carbons (Fsp3) is 0.471. The van der Waals surface area contributed by atoms with Crippen molar-refractivity contribution in [2.24, 2.45) is 0 Å². The zero-order valence-corrected chi connectivity index (χ0v) is 13.0. The van der Waals surface area contributed by atoms with E-state index in [0.717, 1.165) is 37.8 Å². The molecule has 1 saturated heterocycles. The smallest absolute Gasteiger partial charge is 0.137 e. The maximum atomic E-state index is 5.64. The second kappa shape index (κ2) is 5.62. The minimum Gasteiger partial charge on any atom is -0.377 e. The molecule has 4 heteroatoms. The molecule has 1 aromatic heterocycles. The second-order valence-electron chi connectivity index (χ2n) is 6.21. The summed E-state index contributed by atoms with van der Waals surface area (Å²) >= 11 is 0. The van der Waals surface area contributed by atoms with Crippen molar-refractivity contribution >= 4 is 16.6 Å². The summed E-state index contributed by atoms with van der Waals surface area (Å²) in [6, 6.07) is 10.7. The maximum Gasteiger partial charge on any atom is 0.137 e. The van der Waals surface area contributed by atoms with E-state index in [1.54, 1.807) is 0 Å². The standard InChI is InChI=1S/C17H23N3O/c1-17(2)12-21-9-8-20(17)16-15-7-5-4-6-13(15)10-14(19-16)11-18-3/h4-7,10,18H,8-9,11-12H2,1-3H3. The van der Waals surface area contributed by atoms with Crippen LogP contribution in [0.15, 0.2) is 30.3 Å². The van der Waals surface area contributed by atoms with Crippen LogP contribution in [0.2, 0.25) is 0 Å². The Balaban J connectivity index is 2.15. The first-order valence-corrected chi connectivity index (χ1v) is 7.50. The number of nitrogens with zero attached hydrogens (tertiary/aromatic N) is 2. The van der Waals surface area contributed by atoms with E-state index in [2.05, 4.69) is 54.4 Å². The number of morpholine rings is 1. The molecule has 3 rings (SSSR count). The van der Waals surface area contributed by atoms with E-state index in [9.17, 15) is 0 Å². The van der Waals surface area contributed by atoms with Crippen LogP contribution in [0.1, 0.15) is 19.5 Å². The molecule has 1 aliphatic heterocycles. The van der Waals surface area contributed by atoms with Gasteiger partial charge in [0.25, 0.3) is 0 Å². The third-order valence-electron chi connectivity index (χ3n) is 4.03. The summed E-state index contributed by atoms with van der Waals surface area (Å²) in [5, 5.41) is 5.65. The van der Waals surface area contributed by atoms with Gasteiger partial charge in [0, 0.05) is 18.5 Å². The van der Waals surface area contributed by atoms with Crippen molar-refractivity contribution in [3.8, 4) is 0 Å². The van der Waals surface area contributed by atoms with Crippen molar-refractivity contribution in [2.45, 2.75) is 25.9 Å². The molecule has 0 atom stereocenters. The molecule has 1 aromatic carbocycles. The molecular formula is C17H23N3O. The Morgan fingerprint density at radius 2 is 2.14 bits per heavy atom. The number of nitrogens with one attached hydrogen (secondary N) is 1. The van der Waals surface area contributed by atoms with Crippen molar-refractivity contribution < 1.29 is 4.74 Å². The minimum atomic E-state index is -0.0354. The summed E-state index contributed by atoms with van der Waals surface area (Å²) < 4.78 is 5.64. The molecule has 2 heterocycles. The summed E-state index contributed by atoms with van der Waals surface area (Å²) in [5.74, 6) is 1.08. The van der Waals surface area contributed by atoms with Crippen LogP contribution in [0.3, 0.4) is 0 Å². The highest BCUT2D eigenvalue weighted by Crippen LogP contribution is 2.32. The number of hydrogen-bond donors (Lipinski definition) is 1. The molecule has 0 aliphatic carbocycles. The highest BCUT2D eigenvalue weighted by atomic mass is 16.5. The van der Waals surface area contributed by atoms with Gasteiger partial charge in [-0.05, 0) is 32.3 Å². The molecule has 1 fully saturated rings. The maximum absolute atomic E-state index is 5.64. The molecule has 0 amide bonds. The van der Waals surface area contributed by atoms with Crippen LogP contribution in [0.4, 0.5) is 5.82 Å². The Labute approximate surface area is 126 Å². The lowest BCUT2D eigenvalue weighted by Gasteiger charge is -2.43. The molecule has 21 heavy (non-hydrogen) atoms. The number of hydrogen-bond acceptors (Lipinski definition) is 4. The van der Waals surface area contributed by atoms with E-state index in [-0.39, 0.29) is 5.54 Å². The molecule has 0 bridgehead atoms. The van der Waals surface area contributed by atoms with Gasteiger partial charge >= 0.3 is 0 Å². The van der Waals surface area contributed by atoms with Gasteiger partial charge in [0.15, 0.2) is 0 Å². The number of ether oxygens (including phenoxy) is 1. The lowest BCUT2D eigenvalue weighted by atomic mass is 10.0. The van der Waals surface area contributed by atoms with Crippen LogP contribution in [-0.2, 0) is 11.3 Å². The van der Waals surface area contributed by atoms with Gasteiger partial charge in [0.2, 0.25) is 0 Å². The lowest BCUT2D eigenvalue weighted by molar-refractivity contribution is 0.0641. The number of benzene rings is 1. The predicted octanol–water partition coefficient (Wildman–Crippen LogP) is 2.57. The summed E-state index contributed by atoms with van der Waals surface area (Å²) in [6.45, 7) is 7.59. The number of rotatable bonds is 3. The topological polar surface area (TPSA) is 37.4 Å². The Morgan fingerprint density at radius 1 is 1.33 bits per heavy atom. The van der Waals surface area contributed by atoms with Gasteiger partial charge in [-0.1, -0.05) is 24.3 Å². The molecule has 2 aromatic rings. The van der Waals surface area contributed by atoms with E-state index in [4.69, 9.17) is 9.72 Å². The monoisotopic (exact) mass is 285 g/mol. The zero-order chi connectivity index (χ0) is 14.9. The van der Waals surface area contributed by atoms with Crippen LogP contribution >= 0.6 is 0 Å². The fourth-order valence-electron chi connectivity index (χ4n) is 2.96. The van der Waals surface area contributed by atoms with Crippen molar-refractivity contribution in [3.05, 3.63) is 36.0 Å². The van der Waals surface area contributed by atoms with E-state index in [1.165, 1.54) is 10.8 Å². The zero-order valence-electron chi connectivity index (χ0n) is 13.0. The lowest BCUT2D eigenvalue weighted by Crippen LogP contribution is -2.53. The van der Waals surface area contributed by atoms with Crippen LogP contribution in [-0.4, -0.2) is 37.3 Å². The highest BCUT2D eigenvalue weighted by Gasteiger charge is 2.32. The summed E-state index contributed by atoms with van der Waals surface area (Å²) in [5.41, 5.74) is 1.04. The van der Waals surface area contributed by atoms with Crippen molar-refractivity contribution in [1.82, 2.24) is 10.3 Å². The van der Waals surface area contributed by atoms with Crippen molar-refractivity contribution in [1.29, 1.82) is 0 Å². The molecule has 4 nitrogen and oxygen atoms in total. The Morgan fingerprint density at radius 3 is 2.90 bits per heavy atom. The summed E-state index contributed by atoms with van der Waals surface area (Å²) in [4.78, 5) is 7.30. The van der Waals surface area contributed by atoms with Crippen LogP contribution in [0.25, 0.3) is 10.8 Å². The first kappa shape index (κ1) is 14.3. The van der Waals surface area contributed by atoms with Gasteiger partial charge in [-0.2, -0.15) is 0 Å². The molecule has 0 radical (unpaired) electrons. The molecule has 0 spiro atoms. The molecular weight excluding hydrogens is 262 g/mol. The Bertz CT molecular complexity index is 639. The molecule has 0 saturated carbocycles. The summed E-state index contributed by atoms with van der Waals surface area (Å²) in [6.07, 6.45) is 0. The van der Waals surface area contributed by atoms with Gasteiger partial charge in [-0.25, -0.2) is 4.98 Å². The third kappa shape index (κ3) is 2.74. The van der Waals surface area contributed by atoms with Gasteiger partial charge in [0.05, 0.1) is 24.4 Å². The first-order chi connectivity index (χ1) is 10.1. The van der Waals surface area contributed by atoms with Crippen molar-refractivity contribution in [2.75, 3.05) is 31.7 Å². The highest BCUT2D eigenvalue weighted by molar-refractivity contribution is 5.93. The van der Waals surface area contributed by atoms with E-state index < -0.39 is 0 Å². The quantitative estimate of drug-likeness (QED) is 0.940. The molecule has 0 unspecified atom stereocenters. The summed E-state index contributed by atoms with van der Waals surface area (Å²) in [7, 11) is 1.95. The minimum absolute atomic E-state index is 0.0354. The average Bonchev–Trinajstić information content (AvgIpc) is 2.46. The average molecular weight is 285 g/mol. The van der Waals surface area contributed by atoms with Crippen LogP contribution < -0.4 is 10.2 Å². The van der Waals surface area contributed by atoms with Crippen LogP contribution in [0, 0.1) is 0 Å². The Hall–Kier alpha value is -1.65. The van der Waals surface area contributed by atoms with Crippen LogP contribution in [0.5, 0.6) is 0 Å². The van der Waals surface area contributed by atoms with E-state index >= 15 is 0 Å². The molecule has 1 N–H and O–H groups in total. The predicted molar refractivity (Wildman–Crippen MR) is 86.8 cm³/mol. The first-order valence-electron chi connectivity index (χ1n) is 7.50. The van der Waals surface area contributed by atoms with Gasteiger partial charge < -0.3 is 15.0 Å². The van der Waals surface area contributed by atoms with Gasteiger partial charge in [-0.3, -0.25) is 0 Å².